The summed E-state index contributed by atoms with van der Waals surface area (Å²) < 4.78 is 0. The number of hydrogen-bond donors (Lipinski definition) is 4. The lowest BCUT2D eigenvalue weighted by Crippen LogP contribution is -2.30. The summed E-state index contributed by atoms with van der Waals surface area (Å²) in [6, 6.07) is 13.7. The topological polar surface area (TPSA) is 99.3 Å². The first-order valence-corrected chi connectivity index (χ1v) is 9.61. The van der Waals surface area contributed by atoms with Crippen LogP contribution < -0.4 is 21.3 Å². The Hall–Kier alpha value is -3.35. The number of carbonyl (C=O) groups excluding carboxylic acids is 3. The normalized spacial score (nSPS) is 13.3. The zero-order valence-electron chi connectivity index (χ0n) is 16.8. The highest BCUT2D eigenvalue weighted by Crippen LogP contribution is 2.21. The molecule has 0 aliphatic heterocycles. The third-order valence-electron chi connectivity index (χ3n) is 4.38. The SMILES string of the molecule is CC(C)(C)C(=O)Nc1cccc(C(=O)Nc2ccc(NC(=O)NC3CC3)cc2)c1. The van der Waals surface area contributed by atoms with E-state index in [0.717, 1.165) is 12.8 Å². The van der Waals surface area contributed by atoms with E-state index in [0.29, 0.717) is 22.6 Å². The first kappa shape index (κ1) is 20.4. The van der Waals surface area contributed by atoms with E-state index >= 15 is 0 Å². The molecule has 0 atom stereocenters. The standard InChI is InChI=1S/C22H26N4O3/c1-22(2,3)20(28)24-18-6-4-5-14(13-18)19(27)23-15-7-9-16(10-8-15)25-21(29)26-17-11-12-17/h4-10,13,17H,11-12H2,1-3H3,(H,23,27)(H,24,28)(H2,25,26,29). The van der Waals surface area contributed by atoms with Crippen LogP contribution >= 0.6 is 0 Å². The van der Waals surface area contributed by atoms with Crippen molar-refractivity contribution in [1.29, 1.82) is 0 Å². The zero-order chi connectivity index (χ0) is 21.0. The molecule has 1 aliphatic carbocycles. The molecule has 0 heterocycles. The van der Waals surface area contributed by atoms with Gasteiger partial charge in [-0.3, -0.25) is 9.59 Å². The van der Waals surface area contributed by atoms with Gasteiger partial charge in [0.15, 0.2) is 0 Å². The fraction of sp³-hybridized carbons (Fsp3) is 0.318. The molecular formula is C22H26N4O3. The van der Waals surface area contributed by atoms with Crippen molar-refractivity contribution in [2.24, 2.45) is 5.41 Å². The number of anilines is 3. The largest absolute Gasteiger partial charge is 0.335 e. The van der Waals surface area contributed by atoms with Crippen LogP contribution in [0.1, 0.15) is 44.0 Å². The van der Waals surface area contributed by atoms with Crippen LogP contribution in [-0.4, -0.2) is 23.9 Å². The molecule has 1 fully saturated rings. The smallest absolute Gasteiger partial charge is 0.319 e. The van der Waals surface area contributed by atoms with Crippen molar-refractivity contribution in [2.75, 3.05) is 16.0 Å². The van der Waals surface area contributed by atoms with Gasteiger partial charge in [-0.1, -0.05) is 26.8 Å². The van der Waals surface area contributed by atoms with Crippen LogP contribution in [0.4, 0.5) is 21.9 Å². The fourth-order valence-corrected chi connectivity index (χ4v) is 2.48. The van der Waals surface area contributed by atoms with Crippen molar-refractivity contribution in [3.8, 4) is 0 Å². The quantitative estimate of drug-likeness (QED) is 0.611. The summed E-state index contributed by atoms with van der Waals surface area (Å²) in [6.45, 7) is 5.48. The lowest BCUT2D eigenvalue weighted by atomic mass is 9.95. The molecule has 0 radical (unpaired) electrons. The number of amides is 4. The maximum Gasteiger partial charge on any atom is 0.319 e. The molecule has 0 unspecified atom stereocenters. The van der Waals surface area contributed by atoms with Gasteiger partial charge in [-0.25, -0.2) is 4.79 Å². The molecule has 29 heavy (non-hydrogen) atoms. The van der Waals surface area contributed by atoms with Gasteiger partial charge in [0.2, 0.25) is 5.91 Å². The van der Waals surface area contributed by atoms with Gasteiger partial charge in [0, 0.05) is 34.1 Å². The number of benzene rings is 2. The second-order valence-electron chi connectivity index (χ2n) is 8.19. The first-order valence-electron chi connectivity index (χ1n) is 9.61. The van der Waals surface area contributed by atoms with Crippen molar-refractivity contribution < 1.29 is 14.4 Å². The summed E-state index contributed by atoms with van der Waals surface area (Å²) in [5.74, 6) is -0.409. The fourth-order valence-electron chi connectivity index (χ4n) is 2.48. The van der Waals surface area contributed by atoms with Gasteiger partial charge in [-0.2, -0.15) is 0 Å². The molecular weight excluding hydrogens is 368 g/mol. The average Bonchev–Trinajstić information content (AvgIpc) is 3.46. The van der Waals surface area contributed by atoms with Gasteiger partial charge < -0.3 is 21.3 Å². The minimum absolute atomic E-state index is 0.121. The van der Waals surface area contributed by atoms with Crippen molar-refractivity contribution in [3.05, 3.63) is 54.1 Å². The number of nitrogens with one attached hydrogen (secondary N) is 4. The molecule has 2 aromatic rings. The van der Waals surface area contributed by atoms with Crippen molar-refractivity contribution in [1.82, 2.24) is 5.32 Å². The van der Waals surface area contributed by atoms with Gasteiger partial charge in [-0.15, -0.1) is 0 Å². The van der Waals surface area contributed by atoms with Crippen LogP contribution in [0.2, 0.25) is 0 Å². The summed E-state index contributed by atoms with van der Waals surface area (Å²) in [6.07, 6.45) is 2.05. The maximum atomic E-state index is 12.5. The third-order valence-corrected chi connectivity index (χ3v) is 4.38. The molecule has 1 aliphatic rings. The second-order valence-corrected chi connectivity index (χ2v) is 8.19. The Kier molecular flexibility index (Phi) is 5.87. The summed E-state index contributed by atoms with van der Waals surface area (Å²) in [4.78, 5) is 36.4. The Labute approximate surface area is 170 Å². The molecule has 4 amide bonds. The Bertz CT molecular complexity index is 912. The molecule has 1 saturated carbocycles. The average molecular weight is 394 g/mol. The van der Waals surface area contributed by atoms with E-state index in [4.69, 9.17) is 0 Å². The molecule has 0 spiro atoms. The van der Waals surface area contributed by atoms with Crippen molar-refractivity contribution in [3.63, 3.8) is 0 Å². The molecule has 4 N–H and O–H groups in total. The molecule has 0 aromatic heterocycles. The van der Waals surface area contributed by atoms with Gasteiger partial charge in [-0.05, 0) is 55.3 Å². The zero-order valence-corrected chi connectivity index (χ0v) is 16.8. The van der Waals surface area contributed by atoms with E-state index in [1.807, 2.05) is 20.8 Å². The Morgan fingerprint density at radius 3 is 2.03 bits per heavy atom. The highest BCUT2D eigenvalue weighted by atomic mass is 16.2. The monoisotopic (exact) mass is 394 g/mol. The highest BCUT2D eigenvalue weighted by molar-refractivity contribution is 6.05. The van der Waals surface area contributed by atoms with Crippen LogP contribution in [0.3, 0.4) is 0 Å². The van der Waals surface area contributed by atoms with Crippen LogP contribution in [0.5, 0.6) is 0 Å². The molecule has 7 nitrogen and oxygen atoms in total. The van der Waals surface area contributed by atoms with Crippen molar-refractivity contribution in [2.45, 2.75) is 39.7 Å². The second kappa shape index (κ2) is 8.34. The number of urea groups is 1. The van der Waals surface area contributed by atoms with Crippen LogP contribution in [0.25, 0.3) is 0 Å². The van der Waals surface area contributed by atoms with E-state index in [-0.39, 0.29) is 23.9 Å². The molecule has 152 valence electrons. The lowest BCUT2D eigenvalue weighted by Gasteiger charge is -2.18. The molecule has 2 aromatic carbocycles. The van der Waals surface area contributed by atoms with Gasteiger partial charge in [0.1, 0.15) is 0 Å². The van der Waals surface area contributed by atoms with E-state index in [2.05, 4.69) is 21.3 Å². The van der Waals surface area contributed by atoms with Crippen molar-refractivity contribution >= 4 is 34.9 Å². The summed E-state index contributed by atoms with van der Waals surface area (Å²) in [5, 5.41) is 11.2. The van der Waals surface area contributed by atoms with E-state index in [9.17, 15) is 14.4 Å². The molecule has 0 saturated heterocycles. The first-order chi connectivity index (χ1) is 13.7. The van der Waals surface area contributed by atoms with Gasteiger partial charge in [0.05, 0.1) is 0 Å². The highest BCUT2D eigenvalue weighted by Gasteiger charge is 2.23. The lowest BCUT2D eigenvalue weighted by molar-refractivity contribution is -0.123. The van der Waals surface area contributed by atoms with Crippen LogP contribution in [0.15, 0.2) is 48.5 Å². The minimum atomic E-state index is -0.524. The minimum Gasteiger partial charge on any atom is -0.335 e. The Morgan fingerprint density at radius 2 is 1.45 bits per heavy atom. The Balaban J connectivity index is 1.58. The number of hydrogen-bond acceptors (Lipinski definition) is 3. The van der Waals surface area contributed by atoms with Gasteiger partial charge in [0.25, 0.3) is 5.91 Å². The van der Waals surface area contributed by atoms with Gasteiger partial charge >= 0.3 is 6.03 Å². The molecule has 3 rings (SSSR count). The predicted molar refractivity (Wildman–Crippen MR) is 114 cm³/mol. The van der Waals surface area contributed by atoms with Crippen LogP contribution in [-0.2, 0) is 4.79 Å². The number of rotatable bonds is 5. The summed E-state index contributed by atoms with van der Waals surface area (Å²) in [7, 11) is 0. The predicted octanol–water partition coefficient (Wildman–Crippen LogP) is 4.21. The summed E-state index contributed by atoms with van der Waals surface area (Å²) in [5.41, 5.74) is 1.73. The molecule has 0 bridgehead atoms. The molecule has 7 heteroatoms. The maximum absolute atomic E-state index is 12.5. The Morgan fingerprint density at radius 1 is 0.828 bits per heavy atom. The van der Waals surface area contributed by atoms with E-state index in [1.165, 1.54) is 0 Å². The third kappa shape index (κ3) is 6.07. The van der Waals surface area contributed by atoms with E-state index < -0.39 is 5.41 Å². The number of carbonyl (C=O) groups is 3. The summed E-state index contributed by atoms with van der Waals surface area (Å²) >= 11 is 0. The van der Waals surface area contributed by atoms with Crippen LogP contribution in [0, 0.1) is 5.41 Å². The van der Waals surface area contributed by atoms with E-state index in [1.54, 1.807) is 48.5 Å².